The number of aromatic nitrogens is 2. The second-order valence-corrected chi connectivity index (χ2v) is 7.24. The van der Waals surface area contributed by atoms with Gasteiger partial charge in [0.15, 0.2) is 0 Å². The van der Waals surface area contributed by atoms with Crippen LogP contribution in [0.2, 0.25) is 5.15 Å². The van der Waals surface area contributed by atoms with E-state index in [0.717, 1.165) is 17.4 Å². The van der Waals surface area contributed by atoms with Gasteiger partial charge >= 0.3 is 0 Å². The molecule has 1 aromatic rings. The third-order valence-electron chi connectivity index (χ3n) is 2.88. The second-order valence-electron chi connectivity index (χ2n) is 5.71. The standard InChI is InChI=1S/C13H20ClN3S/c1-13(2,3)12-16-10(14)7-11(17-12)15-9-5-4-6-18-8-9/h7,9H,4-6,8H2,1-3H3,(H,15,16,17). The van der Waals surface area contributed by atoms with Gasteiger partial charge in [0.25, 0.3) is 0 Å². The fraction of sp³-hybridized carbons (Fsp3) is 0.692. The molecule has 1 aliphatic heterocycles. The number of anilines is 1. The Labute approximate surface area is 118 Å². The molecule has 0 bridgehead atoms. The van der Waals surface area contributed by atoms with Crippen molar-refractivity contribution in [2.75, 3.05) is 16.8 Å². The molecule has 1 atom stereocenters. The summed E-state index contributed by atoms with van der Waals surface area (Å²) in [4.78, 5) is 8.89. The topological polar surface area (TPSA) is 37.8 Å². The van der Waals surface area contributed by atoms with E-state index in [9.17, 15) is 0 Å². The first-order valence-electron chi connectivity index (χ1n) is 6.34. The van der Waals surface area contributed by atoms with E-state index in [1.54, 1.807) is 0 Å². The number of nitrogens with one attached hydrogen (secondary N) is 1. The summed E-state index contributed by atoms with van der Waals surface area (Å²) >= 11 is 8.07. The summed E-state index contributed by atoms with van der Waals surface area (Å²) < 4.78 is 0. The molecule has 1 unspecified atom stereocenters. The van der Waals surface area contributed by atoms with Gasteiger partial charge in [0, 0.05) is 23.3 Å². The maximum atomic E-state index is 6.08. The van der Waals surface area contributed by atoms with Crippen LogP contribution in [0.25, 0.3) is 0 Å². The summed E-state index contributed by atoms with van der Waals surface area (Å²) in [6.45, 7) is 6.29. The van der Waals surface area contributed by atoms with Gasteiger partial charge < -0.3 is 5.32 Å². The van der Waals surface area contributed by atoms with E-state index in [4.69, 9.17) is 11.6 Å². The van der Waals surface area contributed by atoms with Crippen molar-refractivity contribution in [3.05, 3.63) is 17.0 Å². The Bertz CT molecular complexity index is 411. The minimum absolute atomic E-state index is 0.0807. The predicted octanol–water partition coefficient (Wildman–Crippen LogP) is 3.74. The van der Waals surface area contributed by atoms with Gasteiger partial charge in [-0.2, -0.15) is 11.8 Å². The zero-order chi connectivity index (χ0) is 13.2. The SMILES string of the molecule is CC(C)(C)c1nc(Cl)cc(NC2CCCSC2)n1. The molecule has 1 fully saturated rings. The fourth-order valence-electron chi connectivity index (χ4n) is 1.89. The minimum Gasteiger partial charge on any atom is -0.366 e. The van der Waals surface area contributed by atoms with Crippen molar-refractivity contribution < 1.29 is 0 Å². The lowest BCUT2D eigenvalue weighted by Crippen LogP contribution is -2.27. The van der Waals surface area contributed by atoms with E-state index in [1.165, 1.54) is 18.6 Å². The van der Waals surface area contributed by atoms with Crippen molar-refractivity contribution in [1.82, 2.24) is 9.97 Å². The van der Waals surface area contributed by atoms with E-state index < -0.39 is 0 Å². The minimum atomic E-state index is -0.0807. The number of hydrogen-bond acceptors (Lipinski definition) is 4. The Hall–Kier alpha value is -0.480. The van der Waals surface area contributed by atoms with Crippen molar-refractivity contribution >= 4 is 29.2 Å². The van der Waals surface area contributed by atoms with Crippen LogP contribution < -0.4 is 5.32 Å². The van der Waals surface area contributed by atoms with Crippen molar-refractivity contribution in [1.29, 1.82) is 0 Å². The van der Waals surface area contributed by atoms with Gasteiger partial charge in [-0.05, 0) is 18.6 Å². The van der Waals surface area contributed by atoms with Crippen LogP contribution in [-0.4, -0.2) is 27.5 Å². The molecule has 100 valence electrons. The van der Waals surface area contributed by atoms with Gasteiger partial charge in [-0.15, -0.1) is 0 Å². The van der Waals surface area contributed by atoms with Crippen LogP contribution in [0.15, 0.2) is 6.07 Å². The highest BCUT2D eigenvalue weighted by Gasteiger charge is 2.20. The number of thioether (sulfide) groups is 1. The first kappa shape index (κ1) is 13.9. The molecule has 5 heteroatoms. The molecule has 1 saturated heterocycles. The molecule has 1 N–H and O–H groups in total. The van der Waals surface area contributed by atoms with Gasteiger partial charge in [-0.25, -0.2) is 9.97 Å². The molecule has 1 aromatic heterocycles. The molecule has 0 radical (unpaired) electrons. The third kappa shape index (κ3) is 3.75. The van der Waals surface area contributed by atoms with Crippen LogP contribution in [0.4, 0.5) is 5.82 Å². The van der Waals surface area contributed by atoms with Crippen molar-refractivity contribution in [3.63, 3.8) is 0 Å². The van der Waals surface area contributed by atoms with Gasteiger partial charge in [0.05, 0.1) is 0 Å². The highest BCUT2D eigenvalue weighted by molar-refractivity contribution is 7.99. The summed E-state index contributed by atoms with van der Waals surface area (Å²) in [6, 6.07) is 2.32. The Morgan fingerprint density at radius 2 is 2.17 bits per heavy atom. The van der Waals surface area contributed by atoms with Gasteiger partial charge in [0.2, 0.25) is 0 Å². The van der Waals surface area contributed by atoms with Crippen LogP contribution in [0.1, 0.15) is 39.4 Å². The summed E-state index contributed by atoms with van der Waals surface area (Å²) in [6.07, 6.45) is 2.48. The third-order valence-corrected chi connectivity index (χ3v) is 4.29. The average molecular weight is 286 g/mol. The smallest absolute Gasteiger partial charge is 0.137 e. The zero-order valence-electron chi connectivity index (χ0n) is 11.2. The molecule has 0 aliphatic carbocycles. The van der Waals surface area contributed by atoms with Gasteiger partial charge in [0.1, 0.15) is 16.8 Å². The van der Waals surface area contributed by atoms with Crippen molar-refractivity contribution in [3.8, 4) is 0 Å². The van der Waals surface area contributed by atoms with Crippen LogP contribution in [0.3, 0.4) is 0 Å². The van der Waals surface area contributed by atoms with Crippen LogP contribution in [0.5, 0.6) is 0 Å². The molecule has 2 heterocycles. The van der Waals surface area contributed by atoms with Crippen LogP contribution in [-0.2, 0) is 5.41 Å². The maximum Gasteiger partial charge on any atom is 0.137 e. The lowest BCUT2D eigenvalue weighted by molar-refractivity contribution is 0.545. The van der Waals surface area contributed by atoms with Gasteiger partial charge in [-0.3, -0.25) is 0 Å². The molecule has 3 nitrogen and oxygen atoms in total. The summed E-state index contributed by atoms with van der Waals surface area (Å²) in [5.74, 6) is 4.07. The highest BCUT2D eigenvalue weighted by Crippen LogP contribution is 2.24. The van der Waals surface area contributed by atoms with E-state index in [1.807, 2.05) is 17.8 Å². The van der Waals surface area contributed by atoms with Crippen LogP contribution >= 0.6 is 23.4 Å². The first-order chi connectivity index (χ1) is 8.45. The van der Waals surface area contributed by atoms with E-state index in [2.05, 4.69) is 36.1 Å². The van der Waals surface area contributed by atoms with E-state index in [0.29, 0.717) is 11.2 Å². The first-order valence-corrected chi connectivity index (χ1v) is 7.88. The molecular weight excluding hydrogens is 266 g/mol. The predicted molar refractivity (Wildman–Crippen MR) is 79.7 cm³/mol. The zero-order valence-corrected chi connectivity index (χ0v) is 12.7. The largest absolute Gasteiger partial charge is 0.366 e. The van der Waals surface area contributed by atoms with Crippen molar-refractivity contribution in [2.24, 2.45) is 0 Å². The number of halogens is 1. The normalized spacial score (nSPS) is 20.8. The van der Waals surface area contributed by atoms with Crippen molar-refractivity contribution in [2.45, 2.75) is 45.1 Å². The number of rotatable bonds is 2. The molecular formula is C13H20ClN3S. The quantitative estimate of drug-likeness (QED) is 0.840. The van der Waals surface area contributed by atoms with Gasteiger partial charge in [-0.1, -0.05) is 32.4 Å². The lowest BCUT2D eigenvalue weighted by Gasteiger charge is -2.24. The molecule has 18 heavy (non-hydrogen) atoms. The summed E-state index contributed by atoms with van der Waals surface area (Å²) in [5.41, 5.74) is -0.0807. The monoisotopic (exact) mass is 285 g/mol. The molecule has 0 spiro atoms. The molecule has 0 aromatic carbocycles. The van der Waals surface area contributed by atoms with E-state index >= 15 is 0 Å². The fourth-order valence-corrected chi connectivity index (χ4v) is 3.15. The summed E-state index contributed by atoms with van der Waals surface area (Å²) in [5, 5.41) is 3.99. The number of nitrogens with zero attached hydrogens (tertiary/aromatic N) is 2. The molecule has 1 aliphatic rings. The average Bonchev–Trinajstić information content (AvgIpc) is 2.28. The highest BCUT2D eigenvalue weighted by atomic mass is 35.5. The second kappa shape index (κ2) is 5.66. The van der Waals surface area contributed by atoms with Crippen LogP contribution in [0, 0.1) is 0 Å². The Morgan fingerprint density at radius 1 is 1.39 bits per heavy atom. The molecule has 2 rings (SSSR count). The van der Waals surface area contributed by atoms with E-state index in [-0.39, 0.29) is 5.41 Å². The molecule has 0 amide bonds. The Morgan fingerprint density at radius 3 is 2.78 bits per heavy atom. The maximum absolute atomic E-state index is 6.08. The summed E-state index contributed by atoms with van der Waals surface area (Å²) in [7, 11) is 0. The Balaban J connectivity index is 2.14. The molecule has 0 saturated carbocycles. The Kier molecular flexibility index (Phi) is 4.38. The number of hydrogen-bond donors (Lipinski definition) is 1. The lowest BCUT2D eigenvalue weighted by atomic mass is 9.96.